The Morgan fingerprint density at radius 2 is 1.74 bits per heavy atom. The number of likely N-dealkylation sites (tertiary alicyclic amines) is 1. The average Bonchev–Trinajstić information content (AvgIpc) is 3.46. The summed E-state index contributed by atoms with van der Waals surface area (Å²) < 4.78 is 0.772. The quantitative estimate of drug-likeness (QED) is 0.587. The fourth-order valence-corrected chi connectivity index (χ4v) is 5.08. The number of aromatic amines is 1. The number of halogens is 2. The molecule has 1 amide bonds. The molecule has 1 unspecified atom stereocenters. The lowest BCUT2D eigenvalue weighted by Crippen LogP contribution is -2.52. The number of carbonyl (C=O) groups is 1. The summed E-state index contributed by atoms with van der Waals surface area (Å²) in [6.45, 7) is 4.62. The molecule has 0 saturated carbocycles. The van der Waals surface area contributed by atoms with Gasteiger partial charge in [0.1, 0.15) is 22.8 Å². The smallest absolute Gasteiger partial charge is 0.244 e. The van der Waals surface area contributed by atoms with Crippen molar-refractivity contribution in [2.45, 2.75) is 18.9 Å². The lowest BCUT2D eigenvalue weighted by Gasteiger charge is -2.39. The molecule has 2 aromatic heterocycles. The number of carbonyl (C=O) groups excluding carboxylic acids is 1. The van der Waals surface area contributed by atoms with E-state index in [0.29, 0.717) is 36.8 Å². The Balaban J connectivity index is 1.34. The summed E-state index contributed by atoms with van der Waals surface area (Å²) in [5.41, 5.74) is 1.64. The van der Waals surface area contributed by atoms with Gasteiger partial charge in [-0.05, 0) is 59.6 Å². The highest BCUT2D eigenvalue weighted by atomic mass is 79.9. The molecule has 5 rings (SSSR count). The number of hydrogen-bond acceptors (Lipinski definition) is 6. The number of hydrogen-bond donors (Lipinski definition) is 1. The molecule has 2 fully saturated rings. The van der Waals surface area contributed by atoms with E-state index in [1.165, 1.54) is 6.33 Å². The van der Waals surface area contributed by atoms with Crippen molar-refractivity contribution in [2.75, 3.05) is 44.2 Å². The van der Waals surface area contributed by atoms with Crippen molar-refractivity contribution in [2.24, 2.45) is 0 Å². The fourth-order valence-electron chi connectivity index (χ4n) is 4.51. The molecule has 3 aromatic rings. The third-order valence-corrected chi connectivity index (χ3v) is 6.93. The minimum atomic E-state index is -0.250. The van der Waals surface area contributed by atoms with Crippen LogP contribution in [0.4, 0.5) is 5.82 Å². The van der Waals surface area contributed by atoms with E-state index in [9.17, 15) is 4.79 Å². The molecule has 4 heterocycles. The zero-order chi connectivity index (χ0) is 21.4. The van der Waals surface area contributed by atoms with Gasteiger partial charge in [0.2, 0.25) is 5.91 Å². The number of anilines is 1. The monoisotopic (exact) mass is 503 g/mol. The molecule has 0 spiro atoms. The molecule has 162 valence electrons. The molecule has 2 aliphatic rings. The number of amides is 1. The third-order valence-electron chi connectivity index (χ3n) is 6.10. The first-order valence-corrected chi connectivity index (χ1v) is 11.7. The van der Waals surface area contributed by atoms with E-state index < -0.39 is 0 Å². The van der Waals surface area contributed by atoms with Crippen LogP contribution in [0.5, 0.6) is 0 Å². The van der Waals surface area contributed by atoms with E-state index in [2.05, 4.69) is 45.9 Å². The van der Waals surface area contributed by atoms with Gasteiger partial charge in [-0.1, -0.05) is 23.7 Å². The summed E-state index contributed by atoms with van der Waals surface area (Å²) in [7, 11) is 0. The standard InChI is InChI=1S/C21H23BrClN7O/c22-18-16-19(27-26-18)24-13-25-20(16)29-9-11-30(12-10-29)21(31)17(28-7-1-2-8-28)14-3-5-15(23)6-4-14/h3-6,13,17H,1-2,7-12H2,(H,24,25,26,27). The van der Waals surface area contributed by atoms with E-state index >= 15 is 0 Å². The molecule has 2 aliphatic heterocycles. The summed E-state index contributed by atoms with van der Waals surface area (Å²) in [6, 6.07) is 7.45. The molecule has 1 N–H and O–H groups in total. The van der Waals surface area contributed by atoms with Gasteiger partial charge in [0.25, 0.3) is 0 Å². The predicted octanol–water partition coefficient (Wildman–Crippen LogP) is 3.25. The van der Waals surface area contributed by atoms with Crippen LogP contribution in [0.25, 0.3) is 11.0 Å². The minimum absolute atomic E-state index is 0.168. The van der Waals surface area contributed by atoms with Crippen LogP contribution in [0.15, 0.2) is 35.2 Å². The van der Waals surface area contributed by atoms with Gasteiger partial charge in [-0.15, -0.1) is 0 Å². The van der Waals surface area contributed by atoms with Gasteiger partial charge in [0.15, 0.2) is 5.65 Å². The lowest BCUT2D eigenvalue weighted by atomic mass is 10.0. The van der Waals surface area contributed by atoms with Gasteiger partial charge in [-0.3, -0.25) is 14.8 Å². The number of benzene rings is 1. The Labute approximate surface area is 193 Å². The number of aromatic nitrogens is 4. The SMILES string of the molecule is O=C(C(c1ccc(Cl)cc1)N1CCCC1)N1CCN(c2ncnc3n[nH]c(Br)c23)CC1. The maximum absolute atomic E-state index is 13.6. The molecule has 2 saturated heterocycles. The molecule has 10 heteroatoms. The van der Waals surface area contributed by atoms with E-state index in [-0.39, 0.29) is 11.9 Å². The van der Waals surface area contributed by atoms with E-state index in [1.807, 2.05) is 29.2 Å². The van der Waals surface area contributed by atoms with Crippen molar-refractivity contribution in [3.05, 3.63) is 45.8 Å². The number of H-pyrrole nitrogens is 1. The van der Waals surface area contributed by atoms with Crippen molar-refractivity contribution >= 4 is 50.3 Å². The maximum atomic E-state index is 13.6. The van der Waals surface area contributed by atoms with Crippen LogP contribution in [0, 0.1) is 0 Å². The third kappa shape index (κ3) is 4.02. The van der Waals surface area contributed by atoms with Crippen molar-refractivity contribution in [1.29, 1.82) is 0 Å². The Morgan fingerprint density at radius 1 is 1.03 bits per heavy atom. The first-order chi connectivity index (χ1) is 15.1. The maximum Gasteiger partial charge on any atom is 0.244 e. The summed E-state index contributed by atoms with van der Waals surface area (Å²) in [4.78, 5) is 28.8. The number of fused-ring (bicyclic) bond motifs is 1. The van der Waals surface area contributed by atoms with Gasteiger partial charge >= 0.3 is 0 Å². The Kier molecular flexibility index (Phi) is 5.81. The molecular weight excluding hydrogens is 482 g/mol. The number of rotatable bonds is 4. The van der Waals surface area contributed by atoms with Gasteiger partial charge < -0.3 is 9.80 Å². The van der Waals surface area contributed by atoms with Crippen molar-refractivity contribution in [1.82, 2.24) is 30.0 Å². The molecule has 8 nitrogen and oxygen atoms in total. The number of nitrogens with one attached hydrogen (secondary N) is 1. The van der Waals surface area contributed by atoms with Crippen molar-refractivity contribution in [3.63, 3.8) is 0 Å². The van der Waals surface area contributed by atoms with Crippen LogP contribution < -0.4 is 4.90 Å². The van der Waals surface area contributed by atoms with Crippen LogP contribution in [-0.4, -0.2) is 75.1 Å². The second-order valence-corrected chi connectivity index (χ2v) is 9.17. The molecule has 31 heavy (non-hydrogen) atoms. The molecular formula is C21H23BrClN7O. The second-order valence-electron chi connectivity index (χ2n) is 7.94. The molecule has 0 radical (unpaired) electrons. The lowest BCUT2D eigenvalue weighted by molar-refractivity contribution is -0.137. The summed E-state index contributed by atoms with van der Waals surface area (Å²) in [5, 5.41) is 8.66. The highest BCUT2D eigenvalue weighted by Crippen LogP contribution is 2.31. The van der Waals surface area contributed by atoms with Crippen LogP contribution in [0.3, 0.4) is 0 Å². The van der Waals surface area contributed by atoms with Gasteiger partial charge in [-0.2, -0.15) is 5.10 Å². The van der Waals surface area contributed by atoms with E-state index in [4.69, 9.17) is 11.6 Å². The molecule has 1 atom stereocenters. The first-order valence-electron chi connectivity index (χ1n) is 10.5. The molecule has 1 aromatic carbocycles. The van der Waals surface area contributed by atoms with Gasteiger partial charge in [-0.25, -0.2) is 9.97 Å². The van der Waals surface area contributed by atoms with E-state index in [0.717, 1.165) is 47.3 Å². The minimum Gasteiger partial charge on any atom is -0.352 e. The van der Waals surface area contributed by atoms with Crippen molar-refractivity contribution < 1.29 is 4.79 Å². The highest BCUT2D eigenvalue weighted by Gasteiger charge is 2.34. The van der Waals surface area contributed by atoms with E-state index in [1.54, 1.807) is 0 Å². The Hall–Kier alpha value is -2.23. The summed E-state index contributed by atoms with van der Waals surface area (Å²) in [6.07, 6.45) is 3.80. The first kappa shape index (κ1) is 20.7. The second kappa shape index (κ2) is 8.72. The zero-order valence-corrected chi connectivity index (χ0v) is 19.3. The largest absolute Gasteiger partial charge is 0.352 e. The topological polar surface area (TPSA) is 81.2 Å². The number of nitrogens with zero attached hydrogens (tertiary/aromatic N) is 6. The summed E-state index contributed by atoms with van der Waals surface area (Å²) >= 11 is 9.59. The van der Waals surface area contributed by atoms with Gasteiger partial charge in [0, 0.05) is 31.2 Å². The summed E-state index contributed by atoms with van der Waals surface area (Å²) in [5.74, 6) is 1.01. The normalized spacial score (nSPS) is 18.6. The fraction of sp³-hybridized carbons (Fsp3) is 0.429. The van der Waals surface area contributed by atoms with Crippen LogP contribution in [0.2, 0.25) is 5.02 Å². The van der Waals surface area contributed by atoms with Crippen LogP contribution in [0.1, 0.15) is 24.4 Å². The highest BCUT2D eigenvalue weighted by molar-refractivity contribution is 9.10. The van der Waals surface area contributed by atoms with Crippen LogP contribution >= 0.6 is 27.5 Å². The van der Waals surface area contributed by atoms with Crippen molar-refractivity contribution in [3.8, 4) is 0 Å². The predicted molar refractivity (Wildman–Crippen MR) is 123 cm³/mol. The van der Waals surface area contributed by atoms with Gasteiger partial charge in [0.05, 0.1) is 5.39 Å². The zero-order valence-electron chi connectivity index (χ0n) is 17.0. The Bertz CT molecular complexity index is 1080. The average molecular weight is 505 g/mol. The molecule has 0 bridgehead atoms. The number of piperazine rings is 1. The molecule has 0 aliphatic carbocycles. The Morgan fingerprint density at radius 3 is 2.45 bits per heavy atom. The van der Waals surface area contributed by atoms with Crippen LogP contribution in [-0.2, 0) is 4.79 Å².